The van der Waals surface area contributed by atoms with E-state index in [9.17, 15) is 23.7 Å². The minimum Gasteiger partial charge on any atom is -0.308 e. The smallest absolute Gasteiger partial charge is 0.308 e. The molecule has 2 heterocycles. The maximum atomic E-state index is 13.9. The highest BCUT2D eigenvalue weighted by Gasteiger charge is 2.31. The summed E-state index contributed by atoms with van der Waals surface area (Å²) in [5.41, 5.74) is 6.85. The number of aryl methyl sites for hydroxylation is 1. The van der Waals surface area contributed by atoms with Crippen LogP contribution < -0.4 is 0 Å². The van der Waals surface area contributed by atoms with Crippen LogP contribution >= 0.6 is 0 Å². The predicted molar refractivity (Wildman–Crippen MR) is 180 cm³/mol. The predicted octanol–water partition coefficient (Wildman–Crippen LogP) is 10.6. The Morgan fingerprint density at radius 1 is 0.511 bits per heavy atom. The van der Waals surface area contributed by atoms with Gasteiger partial charge in [-0.15, -0.1) is 0 Å². The van der Waals surface area contributed by atoms with Crippen molar-refractivity contribution in [1.29, 1.82) is 10.5 Å². The molecule has 0 bridgehead atoms. The maximum absolute atomic E-state index is 13.9. The first-order valence-electron chi connectivity index (χ1n) is 15.0. The van der Waals surface area contributed by atoms with Gasteiger partial charge in [0.15, 0.2) is 0 Å². The van der Waals surface area contributed by atoms with Gasteiger partial charge in [-0.05, 0) is 78.2 Å². The number of alkyl halides is 3. The zero-order chi connectivity index (χ0) is 32.4. The summed E-state index contributed by atoms with van der Waals surface area (Å²) in [6, 6.07) is 41.1. The summed E-state index contributed by atoms with van der Waals surface area (Å²) in [5.74, 6) is 0. The van der Waals surface area contributed by atoms with Crippen LogP contribution in [0.3, 0.4) is 0 Å². The quantitative estimate of drug-likeness (QED) is 0.198. The fraction of sp³-hybridized carbons (Fsp3) is 0.0500. The van der Waals surface area contributed by atoms with Gasteiger partial charge >= 0.3 is 6.18 Å². The lowest BCUT2D eigenvalue weighted by Gasteiger charge is -2.15. The number of benzene rings is 6. The minimum absolute atomic E-state index is 0.320. The molecule has 0 amide bonds. The van der Waals surface area contributed by atoms with E-state index < -0.39 is 11.7 Å². The molecule has 0 radical (unpaired) electrons. The SMILES string of the molecule is Cc1ccc2c3ccccc3n(-c3cc(-c4ccc(C#N)c(-n5c6ccccc6c6ccc(C(F)(F)F)cc65)c4)ccc3C#N)c2c1. The van der Waals surface area contributed by atoms with Gasteiger partial charge in [0, 0.05) is 21.5 Å². The molecule has 8 aromatic rings. The van der Waals surface area contributed by atoms with Crippen molar-refractivity contribution in [1.82, 2.24) is 9.13 Å². The molecule has 0 N–H and O–H groups in total. The average Bonchev–Trinajstić information content (AvgIpc) is 3.59. The first kappa shape index (κ1) is 28.2. The normalized spacial score (nSPS) is 11.8. The largest absolute Gasteiger partial charge is 0.416 e. The van der Waals surface area contributed by atoms with Crippen molar-refractivity contribution in [3.05, 3.63) is 144 Å². The molecule has 0 saturated heterocycles. The van der Waals surface area contributed by atoms with Crippen LogP contribution in [0.1, 0.15) is 22.3 Å². The Labute approximate surface area is 267 Å². The Balaban J connectivity index is 1.39. The molecule has 0 atom stereocenters. The molecule has 0 saturated carbocycles. The number of para-hydroxylation sites is 2. The molecule has 6 aromatic carbocycles. The lowest BCUT2D eigenvalue weighted by molar-refractivity contribution is -0.137. The second-order valence-electron chi connectivity index (χ2n) is 11.6. The summed E-state index contributed by atoms with van der Waals surface area (Å²) < 4.78 is 45.5. The molecule has 7 heteroatoms. The van der Waals surface area contributed by atoms with Crippen molar-refractivity contribution in [2.75, 3.05) is 0 Å². The molecule has 0 unspecified atom stereocenters. The van der Waals surface area contributed by atoms with Crippen molar-refractivity contribution in [2.45, 2.75) is 13.1 Å². The number of hydrogen-bond acceptors (Lipinski definition) is 2. The molecule has 0 fully saturated rings. The Hall–Kier alpha value is -6.31. The summed E-state index contributed by atoms with van der Waals surface area (Å²) in [4.78, 5) is 0. The lowest BCUT2D eigenvalue weighted by atomic mass is 9.99. The molecule has 0 aliphatic rings. The van der Waals surface area contributed by atoms with Gasteiger partial charge in [0.1, 0.15) is 12.1 Å². The number of nitriles is 2. The molecule has 2 aromatic heterocycles. The zero-order valence-corrected chi connectivity index (χ0v) is 25.0. The summed E-state index contributed by atoms with van der Waals surface area (Å²) in [6.45, 7) is 2.04. The molecule has 4 nitrogen and oxygen atoms in total. The summed E-state index contributed by atoms with van der Waals surface area (Å²) >= 11 is 0. The van der Waals surface area contributed by atoms with Crippen LogP contribution in [-0.4, -0.2) is 9.13 Å². The number of nitrogens with zero attached hydrogens (tertiary/aromatic N) is 4. The van der Waals surface area contributed by atoms with E-state index in [-0.39, 0.29) is 0 Å². The van der Waals surface area contributed by atoms with Crippen LogP contribution in [0.5, 0.6) is 0 Å². The maximum Gasteiger partial charge on any atom is 0.416 e. The van der Waals surface area contributed by atoms with E-state index in [1.54, 1.807) is 16.7 Å². The monoisotopic (exact) mass is 616 g/mol. The Morgan fingerprint density at radius 2 is 0.979 bits per heavy atom. The molecular weight excluding hydrogens is 593 g/mol. The van der Waals surface area contributed by atoms with E-state index >= 15 is 0 Å². The van der Waals surface area contributed by atoms with Gasteiger partial charge in [0.2, 0.25) is 0 Å². The van der Waals surface area contributed by atoms with Crippen LogP contribution in [0, 0.1) is 29.6 Å². The van der Waals surface area contributed by atoms with E-state index in [1.165, 1.54) is 6.07 Å². The highest BCUT2D eigenvalue weighted by Crippen LogP contribution is 2.39. The molecule has 0 aliphatic heterocycles. The van der Waals surface area contributed by atoms with Crippen LogP contribution in [0.4, 0.5) is 13.2 Å². The van der Waals surface area contributed by atoms with Crippen LogP contribution in [-0.2, 0) is 6.18 Å². The Morgan fingerprint density at radius 3 is 1.49 bits per heavy atom. The number of rotatable bonds is 3. The van der Waals surface area contributed by atoms with Crippen LogP contribution in [0.2, 0.25) is 0 Å². The van der Waals surface area contributed by atoms with Gasteiger partial charge < -0.3 is 9.13 Å². The highest BCUT2D eigenvalue weighted by atomic mass is 19.4. The first-order valence-corrected chi connectivity index (χ1v) is 15.0. The summed E-state index contributed by atoms with van der Waals surface area (Å²) in [7, 11) is 0. The van der Waals surface area contributed by atoms with Gasteiger partial charge in [-0.1, -0.05) is 66.7 Å². The van der Waals surface area contributed by atoms with Gasteiger partial charge in [0.25, 0.3) is 0 Å². The fourth-order valence-electron chi connectivity index (χ4n) is 6.73. The summed E-state index contributed by atoms with van der Waals surface area (Å²) in [6.07, 6.45) is -4.53. The minimum atomic E-state index is -4.53. The fourth-order valence-corrected chi connectivity index (χ4v) is 6.73. The number of hydrogen-bond donors (Lipinski definition) is 0. The van der Waals surface area contributed by atoms with Gasteiger partial charge in [0.05, 0.1) is 50.1 Å². The van der Waals surface area contributed by atoms with Crippen molar-refractivity contribution < 1.29 is 13.2 Å². The third kappa shape index (κ3) is 4.36. The number of halogens is 3. The van der Waals surface area contributed by atoms with Crippen LogP contribution in [0.15, 0.2) is 121 Å². The Kier molecular flexibility index (Phi) is 6.22. The van der Waals surface area contributed by atoms with Gasteiger partial charge in [-0.25, -0.2) is 0 Å². The topological polar surface area (TPSA) is 57.4 Å². The van der Waals surface area contributed by atoms with E-state index in [2.05, 4.69) is 41.0 Å². The van der Waals surface area contributed by atoms with E-state index in [1.807, 2.05) is 73.7 Å². The first-order chi connectivity index (χ1) is 22.8. The average molecular weight is 617 g/mol. The third-order valence-electron chi connectivity index (χ3n) is 8.88. The highest BCUT2D eigenvalue weighted by molar-refractivity contribution is 6.10. The van der Waals surface area contributed by atoms with E-state index in [4.69, 9.17) is 0 Å². The molecule has 0 aliphatic carbocycles. The second kappa shape index (κ2) is 10.4. The van der Waals surface area contributed by atoms with Crippen molar-refractivity contribution in [3.63, 3.8) is 0 Å². The van der Waals surface area contributed by atoms with E-state index in [0.29, 0.717) is 38.9 Å². The van der Waals surface area contributed by atoms with Crippen molar-refractivity contribution in [3.8, 4) is 34.6 Å². The third-order valence-corrected chi connectivity index (χ3v) is 8.88. The molecule has 0 spiro atoms. The Bertz CT molecular complexity index is 2660. The summed E-state index contributed by atoms with van der Waals surface area (Å²) in [5, 5.41) is 24.0. The second-order valence-corrected chi connectivity index (χ2v) is 11.6. The molecular formula is C40H23F3N4. The van der Waals surface area contributed by atoms with E-state index in [0.717, 1.165) is 56.0 Å². The lowest BCUT2D eigenvalue weighted by Crippen LogP contribution is -2.05. The standard InChI is InChI=1S/C40H23F3N4/c1-24-10-16-32-30-6-2-4-8-34(30)46(38(32)18-24)36-19-25(11-13-27(36)22-44)26-12-14-28(23-45)37(20-26)47-35-9-5-3-7-31(35)33-17-15-29(21-39(33)47)40(41,42)43/h2-21H,1H3. The number of fused-ring (bicyclic) bond motifs is 6. The number of aromatic nitrogens is 2. The van der Waals surface area contributed by atoms with Crippen LogP contribution in [0.25, 0.3) is 66.1 Å². The van der Waals surface area contributed by atoms with Gasteiger partial charge in [-0.2, -0.15) is 23.7 Å². The zero-order valence-electron chi connectivity index (χ0n) is 25.0. The van der Waals surface area contributed by atoms with Crippen molar-refractivity contribution in [2.24, 2.45) is 0 Å². The molecule has 47 heavy (non-hydrogen) atoms. The van der Waals surface area contributed by atoms with Gasteiger partial charge in [-0.3, -0.25) is 0 Å². The molecule has 224 valence electrons. The molecule has 8 rings (SSSR count). The van der Waals surface area contributed by atoms with Crippen molar-refractivity contribution >= 4 is 43.6 Å².